The molecule has 1 saturated heterocycles. The number of carbonyl (C=O) groups is 1. The van der Waals surface area contributed by atoms with E-state index in [-0.39, 0.29) is 11.9 Å². The van der Waals surface area contributed by atoms with Crippen LogP contribution in [0.1, 0.15) is 31.7 Å². The standard InChI is InChI=1S/C24H33N3O2/c1-4-20(21-10-6-5-7-11-21)18-25-24(28)19(2)26-14-16-27(17-15-26)22-12-8-9-13-23(22)29-3/h5-13,19-20H,4,14-18H2,1-3H3,(H,25,28)/t19-,20+/m1/s1. The van der Waals surface area contributed by atoms with Gasteiger partial charge in [-0.3, -0.25) is 9.69 Å². The summed E-state index contributed by atoms with van der Waals surface area (Å²) >= 11 is 0. The van der Waals surface area contributed by atoms with Gasteiger partial charge in [0.25, 0.3) is 0 Å². The van der Waals surface area contributed by atoms with E-state index < -0.39 is 0 Å². The number of nitrogens with zero attached hydrogens (tertiary/aromatic N) is 2. The fourth-order valence-electron chi connectivity index (χ4n) is 4.00. The number of para-hydroxylation sites is 2. The molecule has 1 aliphatic heterocycles. The molecule has 5 nitrogen and oxygen atoms in total. The van der Waals surface area contributed by atoms with Gasteiger partial charge in [-0.15, -0.1) is 0 Å². The molecule has 1 aliphatic rings. The smallest absolute Gasteiger partial charge is 0.237 e. The Labute approximate surface area is 174 Å². The Hall–Kier alpha value is -2.53. The summed E-state index contributed by atoms with van der Waals surface area (Å²) in [5, 5.41) is 3.18. The van der Waals surface area contributed by atoms with E-state index in [1.807, 2.05) is 31.2 Å². The second-order valence-electron chi connectivity index (χ2n) is 7.63. The highest BCUT2D eigenvalue weighted by molar-refractivity contribution is 5.81. The first-order chi connectivity index (χ1) is 14.1. The van der Waals surface area contributed by atoms with Crippen molar-refractivity contribution in [2.24, 2.45) is 0 Å². The van der Waals surface area contributed by atoms with Gasteiger partial charge in [-0.25, -0.2) is 0 Å². The van der Waals surface area contributed by atoms with E-state index in [1.165, 1.54) is 5.56 Å². The van der Waals surface area contributed by atoms with Crippen LogP contribution in [0.5, 0.6) is 5.75 Å². The number of piperazine rings is 1. The summed E-state index contributed by atoms with van der Waals surface area (Å²) in [6.45, 7) is 8.37. The third kappa shape index (κ3) is 5.30. The number of amides is 1. The van der Waals surface area contributed by atoms with E-state index in [0.717, 1.165) is 44.0 Å². The Morgan fingerprint density at radius 2 is 1.69 bits per heavy atom. The van der Waals surface area contributed by atoms with Gasteiger partial charge in [-0.2, -0.15) is 0 Å². The molecule has 1 N–H and O–H groups in total. The molecule has 3 rings (SSSR count). The molecule has 1 amide bonds. The summed E-state index contributed by atoms with van der Waals surface area (Å²) < 4.78 is 5.49. The Morgan fingerprint density at radius 1 is 1.03 bits per heavy atom. The van der Waals surface area contributed by atoms with Gasteiger partial charge in [-0.05, 0) is 31.0 Å². The zero-order valence-corrected chi connectivity index (χ0v) is 17.8. The van der Waals surface area contributed by atoms with Crippen LogP contribution in [0, 0.1) is 0 Å². The number of rotatable bonds is 8. The second-order valence-corrected chi connectivity index (χ2v) is 7.63. The van der Waals surface area contributed by atoms with Crippen LogP contribution < -0.4 is 15.0 Å². The highest BCUT2D eigenvalue weighted by atomic mass is 16.5. The minimum absolute atomic E-state index is 0.116. The molecule has 0 radical (unpaired) electrons. The molecule has 2 aromatic carbocycles. The van der Waals surface area contributed by atoms with Crippen molar-refractivity contribution in [1.29, 1.82) is 0 Å². The van der Waals surface area contributed by atoms with Gasteiger partial charge in [0, 0.05) is 38.6 Å². The maximum atomic E-state index is 12.8. The fraction of sp³-hybridized carbons (Fsp3) is 0.458. The zero-order valence-electron chi connectivity index (χ0n) is 17.8. The number of ether oxygens (including phenoxy) is 1. The van der Waals surface area contributed by atoms with Crippen LogP contribution in [0.15, 0.2) is 54.6 Å². The first-order valence-electron chi connectivity index (χ1n) is 10.6. The zero-order chi connectivity index (χ0) is 20.6. The highest BCUT2D eigenvalue weighted by Crippen LogP contribution is 2.28. The molecule has 0 saturated carbocycles. The van der Waals surface area contributed by atoms with Gasteiger partial charge >= 0.3 is 0 Å². The van der Waals surface area contributed by atoms with Crippen molar-refractivity contribution in [1.82, 2.24) is 10.2 Å². The maximum Gasteiger partial charge on any atom is 0.237 e. The molecule has 0 unspecified atom stereocenters. The lowest BCUT2D eigenvalue weighted by Crippen LogP contribution is -2.54. The van der Waals surface area contributed by atoms with E-state index in [1.54, 1.807) is 7.11 Å². The summed E-state index contributed by atoms with van der Waals surface area (Å²) in [5.41, 5.74) is 2.41. The predicted octanol–water partition coefficient (Wildman–Crippen LogP) is 3.52. The first-order valence-corrected chi connectivity index (χ1v) is 10.6. The average Bonchev–Trinajstić information content (AvgIpc) is 2.79. The molecule has 5 heteroatoms. The quantitative estimate of drug-likeness (QED) is 0.743. The van der Waals surface area contributed by atoms with Crippen LogP contribution in [0.25, 0.3) is 0 Å². The molecule has 2 aromatic rings. The number of carbonyl (C=O) groups excluding carboxylic acids is 1. The maximum absolute atomic E-state index is 12.8. The van der Waals surface area contributed by atoms with Gasteiger partial charge in [0.15, 0.2) is 0 Å². The molecule has 1 fully saturated rings. The Kier molecular flexibility index (Phi) is 7.53. The van der Waals surface area contributed by atoms with E-state index in [4.69, 9.17) is 4.74 Å². The topological polar surface area (TPSA) is 44.8 Å². The van der Waals surface area contributed by atoms with Gasteiger partial charge in [0.2, 0.25) is 5.91 Å². The van der Waals surface area contributed by atoms with Crippen LogP contribution in [-0.2, 0) is 4.79 Å². The number of nitrogens with one attached hydrogen (secondary N) is 1. The molecule has 0 spiro atoms. The molecular weight excluding hydrogens is 362 g/mol. The van der Waals surface area contributed by atoms with Crippen molar-refractivity contribution in [3.63, 3.8) is 0 Å². The van der Waals surface area contributed by atoms with E-state index >= 15 is 0 Å². The molecule has 2 atom stereocenters. The summed E-state index contributed by atoms with van der Waals surface area (Å²) in [6.07, 6.45) is 1.01. The molecule has 0 bridgehead atoms. The van der Waals surface area contributed by atoms with Crippen molar-refractivity contribution >= 4 is 11.6 Å². The number of methoxy groups -OCH3 is 1. The fourth-order valence-corrected chi connectivity index (χ4v) is 4.00. The number of benzene rings is 2. The monoisotopic (exact) mass is 395 g/mol. The van der Waals surface area contributed by atoms with Crippen LogP contribution in [0.3, 0.4) is 0 Å². The lowest BCUT2D eigenvalue weighted by Gasteiger charge is -2.39. The largest absolute Gasteiger partial charge is 0.495 e. The summed E-state index contributed by atoms with van der Waals surface area (Å²) in [7, 11) is 1.71. The van der Waals surface area contributed by atoms with Crippen molar-refractivity contribution in [2.45, 2.75) is 32.2 Å². The Bertz CT molecular complexity index is 773. The van der Waals surface area contributed by atoms with Crippen molar-refractivity contribution < 1.29 is 9.53 Å². The van der Waals surface area contributed by atoms with E-state index in [9.17, 15) is 4.79 Å². The SMILES string of the molecule is CC[C@@H](CNC(=O)[C@@H](C)N1CCN(c2ccccc2OC)CC1)c1ccccc1. The minimum atomic E-state index is -0.122. The van der Waals surface area contributed by atoms with E-state index in [0.29, 0.717) is 12.5 Å². The van der Waals surface area contributed by atoms with Crippen molar-refractivity contribution in [2.75, 3.05) is 44.7 Å². The summed E-state index contributed by atoms with van der Waals surface area (Å²) in [4.78, 5) is 17.4. The number of anilines is 1. The van der Waals surface area contributed by atoms with Crippen LogP contribution >= 0.6 is 0 Å². The molecule has 29 heavy (non-hydrogen) atoms. The summed E-state index contributed by atoms with van der Waals surface area (Å²) in [5.74, 6) is 1.37. The molecule has 0 aliphatic carbocycles. The number of hydrogen-bond acceptors (Lipinski definition) is 4. The minimum Gasteiger partial charge on any atom is -0.495 e. The highest BCUT2D eigenvalue weighted by Gasteiger charge is 2.26. The van der Waals surface area contributed by atoms with Gasteiger partial charge in [-0.1, -0.05) is 49.4 Å². The molecule has 156 valence electrons. The molecular formula is C24H33N3O2. The first kappa shape index (κ1) is 21.2. The summed E-state index contributed by atoms with van der Waals surface area (Å²) in [6, 6.07) is 18.4. The number of hydrogen-bond donors (Lipinski definition) is 1. The lowest BCUT2D eigenvalue weighted by atomic mass is 9.96. The lowest BCUT2D eigenvalue weighted by molar-refractivity contribution is -0.126. The van der Waals surface area contributed by atoms with Gasteiger partial charge in [0.05, 0.1) is 18.8 Å². The average molecular weight is 396 g/mol. The van der Waals surface area contributed by atoms with Gasteiger partial charge < -0.3 is 15.0 Å². The Morgan fingerprint density at radius 3 is 2.34 bits per heavy atom. The van der Waals surface area contributed by atoms with Crippen molar-refractivity contribution in [3.8, 4) is 5.75 Å². The normalized spacial score (nSPS) is 16.9. The third-order valence-electron chi connectivity index (χ3n) is 5.95. The van der Waals surface area contributed by atoms with Crippen LogP contribution in [0.4, 0.5) is 5.69 Å². The third-order valence-corrected chi connectivity index (χ3v) is 5.95. The predicted molar refractivity (Wildman–Crippen MR) is 119 cm³/mol. The van der Waals surface area contributed by atoms with E-state index in [2.05, 4.69) is 52.4 Å². The van der Waals surface area contributed by atoms with Crippen molar-refractivity contribution in [3.05, 3.63) is 60.2 Å². The second kappa shape index (κ2) is 10.3. The van der Waals surface area contributed by atoms with Gasteiger partial charge in [0.1, 0.15) is 5.75 Å². The molecule has 1 heterocycles. The Balaban J connectivity index is 1.51. The van der Waals surface area contributed by atoms with Crippen LogP contribution in [-0.4, -0.2) is 56.7 Å². The molecule has 0 aromatic heterocycles. The van der Waals surface area contributed by atoms with Crippen LogP contribution in [0.2, 0.25) is 0 Å².